The highest BCUT2D eigenvalue weighted by molar-refractivity contribution is 6.46. The molecule has 31 heavy (non-hydrogen) atoms. The van der Waals surface area contributed by atoms with Gasteiger partial charge in [0.05, 0.1) is 25.3 Å². The van der Waals surface area contributed by atoms with Gasteiger partial charge in [0, 0.05) is 19.2 Å². The predicted octanol–water partition coefficient (Wildman–Crippen LogP) is 3.33. The van der Waals surface area contributed by atoms with Crippen LogP contribution in [0.4, 0.5) is 0 Å². The van der Waals surface area contributed by atoms with Crippen molar-refractivity contribution >= 4 is 17.4 Å². The second kappa shape index (κ2) is 9.95. The summed E-state index contributed by atoms with van der Waals surface area (Å²) in [6, 6.07) is 13.0. The number of hydrogen-bond donors (Lipinski definition) is 1. The van der Waals surface area contributed by atoms with Gasteiger partial charge in [-0.05, 0) is 42.0 Å². The van der Waals surface area contributed by atoms with Gasteiger partial charge in [-0.3, -0.25) is 9.59 Å². The van der Waals surface area contributed by atoms with E-state index in [1.54, 1.807) is 54.6 Å². The molecule has 1 unspecified atom stereocenters. The Balaban J connectivity index is 2.08. The lowest BCUT2D eigenvalue weighted by atomic mass is 9.95. The van der Waals surface area contributed by atoms with Crippen molar-refractivity contribution in [2.24, 2.45) is 0 Å². The number of methoxy groups -OCH3 is 2. The van der Waals surface area contributed by atoms with Crippen molar-refractivity contribution in [1.29, 1.82) is 0 Å². The molecule has 1 aliphatic heterocycles. The van der Waals surface area contributed by atoms with Crippen LogP contribution in [0.25, 0.3) is 5.76 Å². The zero-order chi connectivity index (χ0) is 22.4. The number of ether oxygens (including phenoxy) is 3. The number of likely N-dealkylation sites (tertiary alicyclic amines) is 1. The van der Waals surface area contributed by atoms with Gasteiger partial charge in [0.15, 0.2) is 0 Å². The van der Waals surface area contributed by atoms with Crippen LogP contribution < -0.4 is 9.47 Å². The molecule has 1 aliphatic rings. The van der Waals surface area contributed by atoms with E-state index in [-0.39, 0.29) is 24.5 Å². The Labute approximate surface area is 181 Å². The summed E-state index contributed by atoms with van der Waals surface area (Å²) in [5.74, 6) is -0.494. The summed E-state index contributed by atoms with van der Waals surface area (Å²) in [6.45, 7) is 4.41. The summed E-state index contributed by atoms with van der Waals surface area (Å²) in [6.07, 6.45) is 1.63. The zero-order valence-corrected chi connectivity index (χ0v) is 17.5. The van der Waals surface area contributed by atoms with E-state index in [0.717, 1.165) is 0 Å². The van der Waals surface area contributed by atoms with E-state index in [2.05, 4.69) is 6.58 Å². The molecule has 3 rings (SSSR count). The van der Waals surface area contributed by atoms with Crippen LogP contribution in [0.15, 0.2) is 66.8 Å². The van der Waals surface area contributed by atoms with Gasteiger partial charge >= 0.3 is 0 Å². The maximum atomic E-state index is 12.9. The van der Waals surface area contributed by atoms with Crippen LogP contribution in [0.3, 0.4) is 0 Å². The van der Waals surface area contributed by atoms with Crippen LogP contribution in [0.1, 0.15) is 17.2 Å². The highest BCUT2D eigenvalue weighted by atomic mass is 16.5. The molecule has 0 radical (unpaired) electrons. The van der Waals surface area contributed by atoms with Crippen LogP contribution in [-0.2, 0) is 14.3 Å². The first kappa shape index (κ1) is 22.1. The number of carbonyl (C=O) groups excluding carboxylic acids is 2. The maximum absolute atomic E-state index is 12.9. The standard InChI is InChI=1S/C24H25NO6/c1-4-13-31-18-10-8-16(9-11-18)22(26)20-21(17-6-5-7-19(15-17)30-3)25(12-14-29-2)24(28)23(20)27/h4-11,15,21,26H,1,12-14H2,2-3H3/b22-20+. The van der Waals surface area contributed by atoms with Crippen LogP contribution >= 0.6 is 0 Å². The fourth-order valence-electron chi connectivity index (χ4n) is 3.48. The molecule has 2 aromatic carbocycles. The van der Waals surface area contributed by atoms with E-state index in [4.69, 9.17) is 14.2 Å². The van der Waals surface area contributed by atoms with Crippen molar-refractivity contribution in [1.82, 2.24) is 4.90 Å². The maximum Gasteiger partial charge on any atom is 0.295 e. The minimum absolute atomic E-state index is 0.0223. The van der Waals surface area contributed by atoms with Gasteiger partial charge in [-0.15, -0.1) is 0 Å². The molecule has 0 saturated carbocycles. The molecular formula is C24H25NO6. The quantitative estimate of drug-likeness (QED) is 0.288. The minimum Gasteiger partial charge on any atom is -0.507 e. The monoisotopic (exact) mass is 423 g/mol. The lowest BCUT2D eigenvalue weighted by molar-refractivity contribution is -0.140. The zero-order valence-electron chi connectivity index (χ0n) is 17.5. The fraction of sp³-hybridized carbons (Fsp3) is 0.250. The Hall–Kier alpha value is -3.58. The Morgan fingerprint density at radius 1 is 1.13 bits per heavy atom. The smallest absolute Gasteiger partial charge is 0.295 e. The minimum atomic E-state index is -0.762. The first-order valence-corrected chi connectivity index (χ1v) is 9.77. The molecule has 1 N–H and O–H groups in total. The lowest BCUT2D eigenvalue weighted by Crippen LogP contribution is -2.32. The van der Waals surface area contributed by atoms with Crippen molar-refractivity contribution in [3.05, 3.63) is 77.9 Å². The second-order valence-corrected chi connectivity index (χ2v) is 6.89. The van der Waals surface area contributed by atoms with E-state index in [1.807, 2.05) is 0 Å². The van der Waals surface area contributed by atoms with Gasteiger partial charge < -0.3 is 24.2 Å². The average molecular weight is 423 g/mol. The average Bonchev–Trinajstić information content (AvgIpc) is 3.06. The molecule has 2 aromatic rings. The Morgan fingerprint density at radius 2 is 1.87 bits per heavy atom. The first-order chi connectivity index (χ1) is 15.0. The summed E-state index contributed by atoms with van der Waals surface area (Å²) in [4.78, 5) is 27.1. The molecule has 7 heteroatoms. The highest BCUT2D eigenvalue weighted by Crippen LogP contribution is 2.40. The first-order valence-electron chi connectivity index (χ1n) is 9.77. The van der Waals surface area contributed by atoms with Crippen LogP contribution in [-0.4, -0.2) is 55.7 Å². The SMILES string of the molecule is C=CCOc1ccc(/C(O)=C2\C(=O)C(=O)N(CCOC)C2c2cccc(OC)c2)cc1. The molecule has 1 atom stereocenters. The molecule has 1 heterocycles. The van der Waals surface area contributed by atoms with Crippen LogP contribution in [0, 0.1) is 0 Å². The fourth-order valence-corrected chi connectivity index (χ4v) is 3.48. The van der Waals surface area contributed by atoms with Crippen molar-refractivity contribution in [3.8, 4) is 11.5 Å². The number of rotatable bonds is 9. The number of ketones is 1. The molecule has 1 fully saturated rings. The second-order valence-electron chi connectivity index (χ2n) is 6.89. The lowest BCUT2D eigenvalue weighted by Gasteiger charge is -2.25. The Morgan fingerprint density at radius 3 is 2.52 bits per heavy atom. The normalized spacial score (nSPS) is 17.6. The third-order valence-electron chi connectivity index (χ3n) is 4.98. The number of hydrogen-bond acceptors (Lipinski definition) is 6. The van der Waals surface area contributed by atoms with Crippen molar-refractivity contribution in [2.45, 2.75) is 6.04 Å². The van der Waals surface area contributed by atoms with E-state index >= 15 is 0 Å². The summed E-state index contributed by atoms with van der Waals surface area (Å²) >= 11 is 0. The van der Waals surface area contributed by atoms with Gasteiger partial charge in [0.2, 0.25) is 0 Å². The Bertz CT molecular complexity index is 995. The van der Waals surface area contributed by atoms with E-state index in [0.29, 0.717) is 29.2 Å². The largest absolute Gasteiger partial charge is 0.507 e. The number of amides is 1. The molecule has 162 valence electrons. The van der Waals surface area contributed by atoms with Gasteiger partial charge in [0.25, 0.3) is 11.7 Å². The van der Waals surface area contributed by atoms with Gasteiger partial charge in [0.1, 0.15) is 23.9 Å². The van der Waals surface area contributed by atoms with E-state index in [1.165, 1.54) is 19.1 Å². The van der Waals surface area contributed by atoms with Gasteiger partial charge in [-0.1, -0.05) is 24.8 Å². The van der Waals surface area contributed by atoms with Crippen molar-refractivity contribution in [2.75, 3.05) is 34.0 Å². The van der Waals surface area contributed by atoms with Crippen LogP contribution in [0.5, 0.6) is 11.5 Å². The van der Waals surface area contributed by atoms with Crippen molar-refractivity contribution in [3.63, 3.8) is 0 Å². The predicted molar refractivity (Wildman–Crippen MR) is 116 cm³/mol. The third-order valence-corrected chi connectivity index (χ3v) is 4.98. The Kier molecular flexibility index (Phi) is 7.10. The van der Waals surface area contributed by atoms with Gasteiger partial charge in [-0.2, -0.15) is 0 Å². The van der Waals surface area contributed by atoms with Crippen molar-refractivity contribution < 1.29 is 28.9 Å². The van der Waals surface area contributed by atoms with Crippen LogP contribution in [0.2, 0.25) is 0 Å². The molecule has 0 aromatic heterocycles. The van der Waals surface area contributed by atoms with E-state index in [9.17, 15) is 14.7 Å². The number of aliphatic hydroxyl groups is 1. The number of Topliss-reactive ketones (excluding diaryl/α,β-unsaturated/α-hetero) is 1. The van der Waals surface area contributed by atoms with Gasteiger partial charge in [-0.25, -0.2) is 0 Å². The topological polar surface area (TPSA) is 85.3 Å². The number of benzene rings is 2. The molecule has 1 saturated heterocycles. The molecule has 0 bridgehead atoms. The molecule has 1 amide bonds. The summed E-state index contributed by atoms with van der Waals surface area (Å²) in [7, 11) is 3.06. The highest BCUT2D eigenvalue weighted by Gasteiger charge is 2.45. The molecule has 7 nitrogen and oxygen atoms in total. The number of carbonyl (C=O) groups is 2. The number of nitrogens with zero attached hydrogens (tertiary/aromatic N) is 1. The summed E-state index contributed by atoms with van der Waals surface area (Å²) in [5.41, 5.74) is 1.08. The third kappa shape index (κ3) is 4.62. The number of aliphatic hydroxyl groups excluding tert-OH is 1. The summed E-state index contributed by atoms with van der Waals surface area (Å²) in [5, 5.41) is 11.0. The molecule has 0 aliphatic carbocycles. The summed E-state index contributed by atoms with van der Waals surface area (Å²) < 4.78 is 15.9. The molecule has 0 spiro atoms. The van der Waals surface area contributed by atoms with E-state index < -0.39 is 17.7 Å². The molecular weight excluding hydrogens is 398 g/mol.